The lowest BCUT2D eigenvalue weighted by molar-refractivity contribution is -0.127. The van der Waals surface area contributed by atoms with Gasteiger partial charge in [0.15, 0.2) is 0 Å². The van der Waals surface area contributed by atoms with Crippen molar-refractivity contribution in [2.24, 2.45) is 5.41 Å². The largest absolute Gasteiger partial charge is 0.348 e. The number of aromatic nitrogens is 2. The van der Waals surface area contributed by atoms with Gasteiger partial charge in [0.05, 0.1) is 5.41 Å². The molecule has 7 heteroatoms. The Kier molecular flexibility index (Phi) is 4.83. The lowest BCUT2D eigenvalue weighted by Crippen LogP contribution is -2.46. The average molecular weight is 382 g/mol. The fourth-order valence-corrected chi connectivity index (χ4v) is 4.46. The zero-order valence-corrected chi connectivity index (χ0v) is 15.8. The van der Waals surface area contributed by atoms with Gasteiger partial charge in [0.2, 0.25) is 5.91 Å². The molecule has 2 aromatic rings. The summed E-state index contributed by atoms with van der Waals surface area (Å²) in [5, 5.41) is 3.04. The van der Waals surface area contributed by atoms with Gasteiger partial charge in [-0.3, -0.25) is 9.59 Å². The van der Waals surface area contributed by atoms with Crippen LogP contribution in [0.25, 0.3) is 0 Å². The standard InChI is InChI=1S/C21H23FN4O2/c1-14-23-10-7-18(24-14)19(27)25-16-5-3-8-21(13-16)9-11-26(20(21)28)17-6-2-4-15(22)12-17/h2,4,6-7,10,12,16H,3,5,8-9,11,13H2,1H3,(H,25,27)/t16-,21?/m0/s1. The Balaban J connectivity index is 1.47. The number of hydrogen-bond donors (Lipinski definition) is 1. The van der Waals surface area contributed by atoms with Crippen molar-refractivity contribution >= 4 is 17.5 Å². The van der Waals surface area contributed by atoms with Crippen molar-refractivity contribution < 1.29 is 14.0 Å². The van der Waals surface area contributed by atoms with Crippen LogP contribution in [0, 0.1) is 18.2 Å². The van der Waals surface area contributed by atoms with Crippen molar-refractivity contribution in [2.75, 3.05) is 11.4 Å². The summed E-state index contributed by atoms with van der Waals surface area (Å²) in [5.41, 5.74) is 0.458. The third-order valence-electron chi connectivity index (χ3n) is 5.82. The Hall–Kier alpha value is -2.83. The molecule has 2 aliphatic rings. The quantitative estimate of drug-likeness (QED) is 0.885. The molecule has 2 fully saturated rings. The molecule has 1 N–H and O–H groups in total. The number of anilines is 1. The van der Waals surface area contributed by atoms with Gasteiger partial charge in [-0.25, -0.2) is 14.4 Å². The summed E-state index contributed by atoms with van der Waals surface area (Å²) in [6, 6.07) is 7.67. The highest BCUT2D eigenvalue weighted by Gasteiger charge is 2.49. The average Bonchev–Trinajstić information content (AvgIpc) is 2.97. The molecule has 1 spiro atoms. The van der Waals surface area contributed by atoms with E-state index in [-0.39, 0.29) is 23.7 Å². The third kappa shape index (κ3) is 3.48. The fraction of sp³-hybridized carbons (Fsp3) is 0.429. The number of hydrogen-bond acceptors (Lipinski definition) is 4. The molecule has 1 saturated carbocycles. The molecular weight excluding hydrogens is 359 g/mol. The topological polar surface area (TPSA) is 75.2 Å². The first kappa shape index (κ1) is 18.5. The zero-order valence-electron chi connectivity index (χ0n) is 15.8. The van der Waals surface area contributed by atoms with E-state index in [1.807, 2.05) is 0 Å². The van der Waals surface area contributed by atoms with Crippen LogP contribution in [-0.4, -0.2) is 34.4 Å². The SMILES string of the molecule is Cc1nccc(C(=O)N[C@H]2CCCC3(CCN(c4cccc(F)c4)C3=O)C2)n1. The van der Waals surface area contributed by atoms with Crippen LogP contribution >= 0.6 is 0 Å². The van der Waals surface area contributed by atoms with Crippen molar-refractivity contribution in [3.63, 3.8) is 0 Å². The predicted molar refractivity (Wildman–Crippen MR) is 102 cm³/mol. The van der Waals surface area contributed by atoms with E-state index in [1.165, 1.54) is 12.1 Å². The van der Waals surface area contributed by atoms with Crippen molar-refractivity contribution in [3.8, 4) is 0 Å². The Morgan fingerprint density at radius 2 is 2.18 bits per heavy atom. The van der Waals surface area contributed by atoms with E-state index in [9.17, 15) is 14.0 Å². The van der Waals surface area contributed by atoms with E-state index in [4.69, 9.17) is 0 Å². The lowest BCUT2D eigenvalue weighted by atomic mass is 9.71. The number of nitrogens with zero attached hydrogens (tertiary/aromatic N) is 3. The van der Waals surface area contributed by atoms with Crippen LogP contribution in [0.4, 0.5) is 10.1 Å². The van der Waals surface area contributed by atoms with Crippen LogP contribution in [-0.2, 0) is 4.79 Å². The second-order valence-electron chi connectivity index (χ2n) is 7.72. The number of nitrogens with one attached hydrogen (secondary N) is 1. The van der Waals surface area contributed by atoms with Crippen LogP contribution in [0.1, 0.15) is 48.4 Å². The molecule has 4 rings (SSSR count). The maximum Gasteiger partial charge on any atom is 0.270 e. The molecule has 6 nitrogen and oxygen atoms in total. The first-order chi connectivity index (χ1) is 13.5. The second-order valence-corrected chi connectivity index (χ2v) is 7.72. The third-order valence-corrected chi connectivity index (χ3v) is 5.82. The summed E-state index contributed by atoms with van der Waals surface area (Å²) >= 11 is 0. The van der Waals surface area contributed by atoms with Gasteiger partial charge >= 0.3 is 0 Å². The van der Waals surface area contributed by atoms with Crippen LogP contribution < -0.4 is 10.2 Å². The Morgan fingerprint density at radius 1 is 1.32 bits per heavy atom. The van der Waals surface area contributed by atoms with Crippen LogP contribution in [0.5, 0.6) is 0 Å². The Labute approximate surface area is 163 Å². The number of carbonyl (C=O) groups excluding carboxylic acids is 2. The highest BCUT2D eigenvalue weighted by atomic mass is 19.1. The Bertz CT molecular complexity index is 919. The lowest BCUT2D eigenvalue weighted by Gasteiger charge is -2.36. The molecule has 1 aliphatic carbocycles. The summed E-state index contributed by atoms with van der Waals surface area (Å²) in [6.07, 6.45) is 5.41. The first-order valence-electron chi connectivity index (χ1n) is 9.65. The molecule has 1 aromatic heterocycles. The van der Waals surface area contributed by atoms with E-state index < -0.39 is 5.41 Å². The van der Waals surface area contributed by atoms with E-state index in [0.29, 0.717) is 30.2 Å². The molecule has 0 radical (unpaired) electrons. The maximum atomic E-state index is 13.6. The molecule has 28 heavy (non-hydrogen) atoms. The zero-order chi connectivity index (χ0) is 19.7. The van der Waals surface area contributed by atoms with Crippen LogP contribution in [0.2, 0.25) is 0 Å². The summed E-state index contributed by atoms with van der Waals surface area (Å²) in [4.78, 5) is 35.6. The minimum Gasteiger partial charge on any atom is -0.348 e. The molecule has 2 atom stereocenters. The van der Waals surface area contributed by atoms with E-state index in [1.54, 1.807) is 36.2 Å². The smallest absolute Gasteiger partial charge is 0.270 e. The number of halogens is 1. The molecule has 146 valence electrons. The summed E-state index contributed by atoms with van der Waals surface area (Å²) in [6.45, 7) is 2.32. The van der Waals surface area contributed by atoms with Gasteiger partial charge in [0.1, 0.15) is 17.3 Å². The molecular formula is C21H23FN4O2. The maximum absolute atomic E-state index is 13.6. The normalized spacial score (nSPS) is 24.6. The summed E-state index contributed by atoms with van der Waals surface area (Å²) < 4.78 is 13.6. The highest BCUT2D eigenvalue weighted by molar-refractivity contribution is 6.00. The van der Waals surface area contributed by atoms with Crippen molar-refractivity contribution in [1.82, 2.24) is 15.3 Å². The Morgan fingerprint density at radius 3 is 2.96 bits per heavy atom. The molecule has 1 aromatic carbocycles. The van der Waals surface area contributed by atoms with Crippen LogP contribution in [0.15, 0.2) is 36.5 Å². The van der Waals surface area contributed by atoms with Gasteiger partial charge in [-0.15, -0.1) is 0 Å². The first-order valence-corrected chi connectivity index (χ1v) is 9.65. The van der Waals surface area contributed by atoms with Gasteiger partial charge in [0.25, 0.3) is 5.91 Å². The van der Waals surface area contributed by atoms with Crippen molar-refractivity contribution in [2.45, 2.75) is 45.1 Å². The number of rotatable bonds is 3. The van der Waals surface area contributed by atoms with E-state index in [2.05, 4.69) is 15.3 Å². The number of aryl methyl sites for hydroxylation is 1. The van der Waals surface area contributed by atoms with Crippen LogP contribution in [0.3, 0.4) is 0 Å². The van der Waals surface area contributed by atoms with Crippen molar-refractivity contribution in [1.29, 1.82) is 0 Å². The molecule has 0 bridgehead atoms. The minimum absolute atomic E-state index is 0.0370. The fourth-order valence-electron chi connectivity index (χ4n) is 4.46. The summed E-state index contributed by atoms with van der Waals surface area (Å²) in [7, 11) is 0. The van der Waals surface area contributed by atoms with E-state index in [0.717, 1.165) is 25.7 Å². The number of benzene rings is 1. The highest BCUT2D eigenvalue weighted by Crippen LogP contribution is 2.46. The summed E-state index contributed by atoms with van der Waals surface area (Å²) in [5.74, 6) is -0.000407. The molecule has 1 aliphatic heterocycles. The van der Waals surface area contributed by atoms with Gasteiger partial charge in [-0.2, -0.15) is 0 Å². The second kappa shape index (κ2) is 7.30. The van der Waals surface area contributed by atoms with E-state index >= 15 is 0 Å². The minimum atomic E-state index is -0.482. The monoisotopic (exact) mass is 382 g/mol. The molecule has 1 unspecified atom stereocenters. The number of carbonyl (C=O) groups is 2. The molecule has 1 saturated heterocycles. The van der Waals surface area contributed by atoms with Gasteiger partial charge in [0, 0.05) is 24.5 Å². The predicted octanol–water partition coefficient (Wildman–Crippen LogP) is 3.02. The number of amides is 2. The van der Waals surface area contributed by atoms with Gasteiger partial charge in [-0.05, 0) is 56.9 Å². The van der Waals surface area contributed by atoms with Gasteiger partial charge < -0.3 is 10.2 Å². The van der Waals surface area contributed by atoms with Gasteiger partial charge in [-0.1, -0.05) is 12.5 Å². The molecule has 2 amide bonds. The molecule has 2 heterocycles. The van der Waals surface area contributed by atoms with Crippen molar-refractivity contribution in [3.05, 3.63) is 53.9 Å².